The molecular weight excluding hydrogens is 202 g/mol. The van der Waals surface area contributed by atoms with Gasteiger partial charge in [0.2, 0.25) is 6.39 Å². The van der Waals surface area contributed by atoms with Crippen LogP contribution in [0.2, 0.25) is 5.02 Å². The van der Waals surface area contributed by atoms with Crippen LogP contribution in [0, 0.1) is 0 Å². The van der Waals surface area contributed by atoms with Crippen LogP contribution < -0.4 is 5.32 Å². The van der Waals surface area contributed by atoms with Crippen molar-refractivity contribution in [2.24, 2.45) is 0 Å². The maximum atomic E-state index is 5.83. The zero-order valence-corrected chi connectivity index (χ0v) is 8.03. The lowest BCUT2D eigenvalue weighted by Crippen LogP contribution is -1.99. The largest absolute Gasteiger partial charge is 0.411 e. The Labute approximate surface area is 85.9 Å². The van der Waals surface area contributed by atoms with Crippen LogP contribution in [0.5, 0.6) is 0 Å². The van der Waals surface area contributed by atoms with Crippen LogP contribution >= 0.6 is 11.6 Å². The van der Waals surface area contributed by atoms with Crippen LogP contribution in [-0.2, 0) is 6.54 Å². The van der Waals surface area contributed by atoms with Gasteiger partial charge in [-0.3, -0.25) is 0 Å². The maximum absolute atomic E-state index is 5.83. The summed E-state index contributed by atoms with van der Waals surface area (Å²) in [6.07, 6.45) is 1.28. The Hall–Kier alpha value is -1.55. The van der Waals surface area contributed by atoms with Gasteiger partial charge in [-0.05, 0) is 17.7 Å². The first-order valence-electron chi connectivity index (χ1n) is 4.09. The van der Waals surface area contributed by atoms with Crippen LogP contribution in [0.3, 0.4) is 0 Å². The number of halogens is 1. The van der Waals surface area contributed by atoms with E-state index in [2.05, 4.69) is 15.5 Å². The number of nitrogens with one attached hydrogen (secondary N) is 1. The smallest absolute Gasteiger partial charge is 0.315 e. The summed E-state index contributed by atoms with van der Waals surface area (Å²) in [7, 11) is 0. The molecule has 1 aromatic carbocycles. The van der Waals surface area contributed by atoms with Crippen LogP contribution in [0.1, 0.15) is 5.56 Å². The van der Waals surface area contributed by atoms with Gasteiger partial charge in [0.1, 0.15) is 0 Å². The Kier molecular flexibility index (Phi) is 2.65. The summed E-state index contributed by atoms with van der Waals surface area (Å²) in [5, 5.41) is 10.9. The lowest BCUT2D eigenvalue weighted by atomic mass is 10.2. The van der Waals surface area contributed by atoms with Crippen LogP contribution in [-0.4, -0.2) is 10.2 Å². The molecule has 0 aliphatic rings. The molecule has 0 bridgehead atoms. The molecule has 0 aliphatic carbocycles. The maximum Gasteiger partial charge on any atom is 0.315 e. The number of rotatable bonds is 3. The molecule has 0 aliphatic heterocycles. The summed E-state index contributed by atoms with van der Waals surface area (Å²) < 4.78 is 4.92. The molecule has 0 saturated carbocycles. The van der Waals surface area contributed by atoms with E-state index >= 15 is 0 Å². The zero-order valence-electron chi connectivity index (χ0n) is 7.27. The highest BCUT2D eigenvalue weighted by molar-refractivity contribution is 6.30. The second kappa shape index (κ2) is 4.11. The zero-order chi connectivity index (χ0) is 9.80. The van der Waals surface area contributed by atoms with Crippen LogP contribution in [0.15, 0.2) is 35.1 Å². The summed E-state index contributed by atoms with van der Waals surface area (Å²) in [5.74, 6) is 0. The molecule has 1 aromatic heterocycles. The summed E-state index contributed by atoms with van der Waals surface area (Å²) in [6, 6.07) is 7.98. The summed E-state index contributed by atoms with van der Waals surface area (Å²) in [4.78, 5) is 0. The first kappa shape index (κ1) is 9.02. The molecule has 4 nitrogen and oxygen atoms in total. The van der Waals surface area contributed by atoms with Gasteiger partial charge in [0.25, 0.3) is 0 Å². The summed E-state index contributed by atoms with van der Waals surface area (Å²) >= 11 is 5.83. The first-order chi connectivity index (χ1) is 6.84. The highest BCUT2D eigenvalue weighted by atomic mass is 35.5. The van der Waals surface area contributed by atoms with Crippen molar-refractivity contribution in [3.63, 3.8) is 0 Å². The van der Waals surface area contributed by atoms with Crippen LogP contribution in [0.4, 0.5) is 6.01 Å². The van der Waals surface area contributed by atoms with Gasteiger partial charge < -0.3 is 9.73 Å². The van der Waals surface area contributed by atoms with E-state index in [-0.39, 0.29) is 0 Å². The number of anilines is 1. The third-order valence-electron chi connectivity index (χ3n) is 1.69. The molecular formula is C9H8ClN3O. The average molecular weight is 210 g/mol. The van der Waals surface area contributed by atoms with Crippen molar-refractivity contribution in [3.8, 4) is 0 Å². The molecule has 5 heteroatoms. The predicted octanol–water partition coefficient (Wildman–Crippen LogP) is 2.34. The molecule has 0 fully saturated rings. The van der Waals surface area contributed by atoms with Gasteiger partial charge in [-0.2, -0.15) is 0 Å². The van der Waals surface area contributed by atoms with E-state index in [0.717, 1.165) is 10.6 Å². The van der Waals surface area contributed by atoms with E-state index in [1.807, 2.05) is 24.3 Å². The third-order valence-corrected chi connectivity index (χ3v) is 1.93. The molecule has 72 valence electrons. The first-order valence-corrected chi connectivity index (χ1v) is 4.47. The summed E-state index contributed by atoms with van der Waals surface area (Å²) in [6.45, 7) is 0.614. The third kappa shape index (κ3) is 2.23. The molecule has 0 saturated heterocycles. The molecule has 0 unspecified atom stereocenters. The van der Waals surface area contributed by atoms with E-state index in [0.29, 0.717) is 12.6 Å². The Morgan fingerprint density at radius 3 is 3.07 bits per heavy atom. The molecule has 14 heavy (non-hydrogen) atoms. The predicted molar refractivity (Wildman–Crippen MR) is 53.1 cm³/mol. The number of aromatic nitrogens is 2. The minimum absolute atomic E-state index is 0.407. The lowest BCUT2D eigenvalue weighted by Gasteiger charge is -2.01. The Bertz CT molecular complexity index is 402. The second-order valence-electron chi connectivity index (χ2n) is 2.73. The Morgan fingerprint density at radius 2 is 2.36 bits per heavy atom. The van der Waals surface area contributed by atoms with E-state index in [4.69, 9.17) is 16.0 Å². The molecule has 2 aromatic rings. The fourth-order valence-electron chi connectivity index (χ4n) is 1.07. The van der Waals surface area contributed by atoms with Gasteiger partial charge >= 0.3 is 6.01 Å². The number of nitrogens with zero attached hydrogens (tertiary/aromatic N) is 2. The molecule has 1 N–H and O–H groups in total. The quantitative estimate of drug-likeness (QED) is 0.843. The average Bonchev–Trinajstić information content (AvgIpc) is 2.67. The van der Waals surface area contributed by atoms with Gasteiger partial charge in [-0.25, -0.2) is 0 Å². The van der Waals surface area contributed by atoms with Gasteiger partial charge in [0.05, 0.1) is 0 Å². The highest BCUT2D eigenvalue weighted by Gasteiger charge is 1.98. The minimum atomic E-state index is 0.407. The Balaban J connectivity index is 1.98. The van der Waals surface area contributed by atoms with Gasteiger partial charge in [-0.1, -0.05) is 28.8 Å². The monoisotopic (exact) mass is 209 g/mol. The van der Waals surface area contributed by atoms with E-state index < -0.39 is 0 Å². The Morgan fingerprint density at radius 1 is 1.43 bits per heavy atom. The van der Waals surface area contributed by atoms with E-state index in [1.54, 1.807) is 0 Å². The highest BCUT2D eigenvalue weighted by Crippen LogP contribution is 2.11. The number of hydrogen-bond acceptors (Lipinski definition) is 4. The van der Waals surface area contributed by atoms with Crippen molar-refractivity contribution in [1.29, 1.82) is 0 Å². The van der Waals surface area contributed by atoms with E-state index in [1.165, 1.54) is 6.39 Å². The van der Waals surface area contributed by atoms with Crippen molar-refractivity contribution in [3.05, 3.63) is 41.2 Å². The van der Waals surface area contributed by atoms with Crippen molar-refractivity contribution in [2.75, 3.05) is 5.32 Å². The molecule has 0 radical (unpaired) electrons. The van der Waals surface area contributed by atoms with Gasteiger partial charge in [0, 0.05) is 11.6 Å². The molecule has 0 amide bonds. The van der Waals surface area contributed by atoms with Gasteiger partial charge in [-0.15, -0.1) is 5.10 Å². The van der Waals surface area contributed by atoms with Crippen LogP contribution in [0.25, 0.3) is 0 Å². The van der Waals surface area contributed by atoms with E-state index in [9.17, 15) is 0 Å². The fourth-order valence-corrected chi connectivity index (χ4v) is 1.29. The second-order valence-corrected chi connectivity index (χ2v) is 3.16. The van der Waals surface area contributed by atoms with Crippen molar-refractivity contribution in [1.82, 2.24) is 10.2 Å². The van der Waals surface area contributed by atoms with Gasteiger partial charge in [0.15, 0.2) is 0 Å². The normalized spacial score (nSPS) is 10.1. The number of hydrogen-bond donors (Lipinski definition) is 1. The minimum Gasteiger partial charge on any atom is -0.411 e. The topological polar surface area (TPSA) is 51.0 Å². The molecule has 0 spiro atoms. The molecule has 1 heterocycles. The fraction of sp³-hybridized carbons (Fsp3) is 0.111. The molecule has 2 rings (SSSR count). The lowest BCUT2D eigenvalue weighted by molar-refractivity contribution is 0.565. The summed E-state index contributed by atoms with van der Waals surface area (Å²) in [5.41, 5.74) is 1.07. The standard InChI is InChI=1S/C9H8ClN3O/c10-8-3-1-2-7(4-8)5-11-9-13-12-6-14-9/h1-4,6H,5H2,(H,11,13). The van der Waals surface area contributed by atoms with Crippen molar-refractivity contribution >= 4 is 17.6 Å². The van der Waals surface area contributed by atoms with Crippen molar-refractivity contribution in [2.45, 2.75) is 6.54 Å². The molecule has 0 atom stereocenters. The number of benzene rings is 1. The SMILES string of the molecule is Clc1cccc(CNc2nnco2)c1. The van der Waals surface area contributed by atoms with Crippen molar-refractivity contribution < 1.29 is 4.42 Å².